The number of benzene rings is 1. The lowest BCUT2D eigenvalue weighted by molar-refractivity contribution is -0.138. The van der Waals surface area contributed by atoms with Crippen molar-refractivity contribution in [3.05, 3.63) is 29.3 Å². The highest BCUT2D eigenvalue weighted by molar-refractivity contribution is 7.99. The summed E-state index contributed by atoms with van der Waals surface area (Å²) in [5.74, 6) is 0.749. The molecule has 0 aliphatic heterocycles. The van der Waals surface area contributed by atoms with Crippen LogP contribution in [0.1, 0.15) is 18.1 Å². The van der Waals surface area contributed by atoms with Gasteiger partial charge in [-0.3, -0.25) is 0 Å². The molecule has 0 saturated heterocycles. The summed E-state index contributed by atoms with van der Waals surface area (Å²) < 4.78 is 37.8. The third kappa shape index (κ3) is 3.14. The third-order valence-electron chi connectivity index (χ3n) is 1.92. The van der Waals surface area contributed by atoms with E-state index in [1.807, 2.05) is 6.92 Å². The third-order valence-corrected chi connectivity index (χ3v) is 2.79. The van der Waals surface area contributed by atoms with E-state index in [1.54, 1.807) is 6.07 Å². The van der Waals surface area contributed by atoms with Gasteiger partial charge in [0.05, 0.1) is 5.56 Å². The van der Waals surface area contributed by atoms with Crippen LogP contribution in [0.25, 0.3) is 0 Å². The summed E-state index contributed by atoms with van der Waals surface area (Å²) in [6, 6.07) is 4.28. The fourth-order valence-corrected chi connectivity index (χ4v) is 1.95. The Labute approximate surface area is 90.9 Å². The quantitative estimate of drug-likeness (QED) is 0.814. The molecule has 0 amide bonds. The predicted octanol–water partition coefficient (Wildman–Crippen LogP) is 3.28. The van der Waals surface area contributed by atoms with Crippen LogP contribution in [0.4, 0.5) is 13.2 Å². The van der Waals surface area contributed by atoms with Gasteiger partial charge in [0.2, 0.25) is 0 Å². The van der Waals surface area contributed by atoms with Crippen LogP contribution in [0.15, 0.2) is 23.1 Å². The topological polar surface area (TPSA) is 26.0 Å². The first-order valence-electron chi connectivity index (χ1n) is 4.52. The van der Waals surface area contributed by atoms with E-state index in [2.05, 4.69) is 0 Å². The van der Waals surface area contributed by atoms with Crippen molar-refractivity contribution in [1.82, 2.24) is 0 Å². The Kier molecular flexibility index (Phi) is 4.04. The van der Waals surface area contributed by atoms with Crippen LogP contribution in [-0.2, 0) is 12.7 Å². The van der Waals surface area contributed by atoms with Gasteiger partial charge in [-0.2, -0.15) is 13.2 Å². The zero-order valence-electron chi connectivity index (χ0n) is 8.27. The summed E-state index contributed by atoms with van der Waals surface area (Å²) in [4.78, 5) is 0.627. The fourth-order valence-electron chi connectivity index (χ4n) is 1.25. The number of halogens is 3. The van der Waals surface area contributed by atoms with Gasteiger partial charge in [-0.25, -0.2) is 0 Å². The SMILES string of the molecule is CCSc1ccc(CN)c(C(F)(F)F)c1. The Morgan fingerprint density at radius 1 is 1.33 bits per heavy atom. The van der Waals surface area contributed by atoms with Gasteiger partial charge in [-0.1, -0.05) is 13.0 Å². The monoisotopic (exact) mass is 235 g/mol. The maximum absolute atomic E-state index is 12.6. The molecule has 84 valence electrons. The zero-order chi connectivity index (χ0) is 11.5. The van der Waals surface area contributed by atoms with Crippen molar-refractivity contribution in [2.45, 2.75) is 24.5 Å². The summed E-state index contributed by atoms with van der Waals surface area (Å²) in [5, 5.41) is 0. The highest BCUT2D eigenvalue weighted by Crippen LogP contribution is 2.34. The second-order valence-electron chi connectivity index (χ2n) is 2.95. The molecular weight excluding hydrogens is 223 g/mol. The van der Waals surface area contributed by atoms with Crippen molar-refractivity contribution < 1.29 is 13.2 Å². The highest BCUT2D eigenvalue weighted by atomic mass is 32.2. The second kappa shape index (κ2) is 4.90. The van der Waals surface area contributed by atoms with Crippen molar-refractivity contribution in [3.8, 4) is 0 Å². The van der Waals surface area contributed by atoms with Crippen molar-refractivity contribution in [2.75, 3.05) is 5.75 Å². The van der Waals surface area contributed by atoms with Gasteiger partial charge in [0.25, 0.3) is 0 Å². The maximum atomic E-state index is 12.6. The smallest absolute Gasteiger partial charge is 0.326 e. The van der Waals surface area contributed by atoms with Gasteiger partial charge in [0.15, 0.2) is 0 Å². The number of hydrogen-bond donors (Lipinski definition) is 1. The van der Waals surface area contributed by atoms with Crippen molar-refractivity contribution >= 4 is 11.8 Å². The molecule has 0 aromatic heterocycles. The summed E-state index contributed by atoms with van der Waals surface area (Å²) in [7, 11) is 0. The van der Waals surface area contributed by atoms with Gasteiger partial charge in [-0.05, 0) is 23.4 Å². The number of rotatable bonds is 3. The first-order valence-corrected chi connectivity index (χ1v) is 5.50. The van der Waals surface area contributed by atoms with E-state index < -0.39 is 11.7 Å². The van der Waals surface area contributed by atoms with E-state index in [4.69, 9.17) is 5.73 Å². The van der Waals surface area contributed by atoms with Crippen LogP contribution in [0.3, 0.4) is 0 Å². The van der Waals surface area contributed by atoms with E-state index in [0.717, 1.165) is 11.8 Å². The Hall–Kier alpha value is -0.680. The molecule has 1 nitrogen and oxygen atoms in total. The standard InChI is InChI=1S/C10H12F3NS/c1-2-15-8-4-3-7(6-14)9(5-8)10(11,12)13/h3-5H,2,6,14H2,1H3. The van der Waals surface area contributed by atoms with E-state index >= 15 is 0 Å². The summed E-state index contributed by atoms with van der Waals surface area (Å²) in [6.07, 6.45) is -4.32. The largest absolute Gasteiger partial charge is 0.416 e. The zero-order valence-corrected chi connectivity index (χ0v) is 9.08. The van der Waals surface area contributed by atoms with Crippen LogP contribution in [0.2, 0.25) is 0 Å². The molecule has 0 atom stereocenters. The second-order valence-corrected chi connectivity index (χ2v) is 4.29. The first-order chi connectivity index (χ1) is 6.99. The van der Waals surface area contributed by atoms with E-state index in [9.17, 15) is 13.2 Å². The molecule has 0 radical (unpaired) electrons. The van der Waals surface area contributed by atoms with E-state index in [1.165, 1.54) is 17.8 Å². The Morgan fingerprint density at radius 3 is 2.47 bits per heavy atom. The average Bonchev–Trinajstić information content (AvgIpc) is 2.17. The molecule has 0 aliphatic carbocycles. The van der Waals surface area contributed by atoms with Gasteiger partial charge in [0.1, 0.15) is 0 Å². The lowest BCUT2D eigenvalue weighted by Gasteiger charge is -2.12. The molecule has 0 bridgehead atoms. The molecule has 1 aromatic carbocycles. The van der Waals surface area contributed by atoms with E-state index in [0.29, 0.717) is 4.90 Å². The lowest BCUT2D eigenvalue weighted by Crippen LogP contribution is -2.11. The number of thioether (sulfide) groups is 1. The molecule has 5 heteroatoms. The molecule has 0 heterocycles. The van der Waals surface area contributed by atoms with Crippen molar-refractivity contribution in [3.63, 3.8) is 0 Å². The molecule has 1 rings (SSSR count). The summed E-state index contributed by atoms with van der Waals surface area (Å²) in [5.41, 5.74) is 4.78. The minimum Gasteiger partial charge on any atom is -0.326 e. The molecule has 0 aliphatic rings. The van der Waals surface area contributed by atoms with Gasteiger partial charge < -0.3 is 5.73 Å². The molecule has 2 N–H and O–H groups in total. The summed E-state index contributed by atoms with van der Waals surface area (Å²) >= 11 is 1.38. The average molecular weight is 235 g/mol. The van der Waals surface area contributed by atoms with Crippen molar-refractivity contribution in [1.29, 1.82) is 0 Å². The molecule has 1 aromatic rings. The molecule has 0 fully saturated rings. The van der Waals surface area contributed by atoms with Gasteiger partial charge >= 0.3 is 6.18 Å². The van der Waals surface area contributed by atoms with E-state index in [-0.39, 0.29) is 12.1 Å². The van der Waals surface area contributed by atoms with Gasteiger partial charge in [-0.15, -0.1) is 11.8 Å². The Morgan fingerprint density at radius 2 is 2.00 bits per heavy atom. The first kappa shape index (κ1) is 12.4. The molecular formula is C10H12F3NS. The highest BCUT2D eigenvalue weighted by Gasteiger charge is 2.33. The molecule has 0 unspecified atom stereocenters. The van der Waals surface area contributed by atoms with Crippen LogP contribution < -0.4 is 5.73 Å². The Bertz CT molecular complexity index is 336. The molecule has 0 spiro atoms. The van der Waals surface area contributed by atoms with Crippen molar-refractivity contribution in [2.24, 2.45) is 5.73 Å². The van der Waals surface area contributed by atoms with Crippen LogP contribution in [-0.4, -0.2) is 5.75 Å². The maximum Gasteiger partial charge on any atom is 0.416 e. The van der Waals surface area contributed by atoms with Gasteiger partial charge in [0, 0.05) is 11.4 Å². The minimum absolute atomic E-state index is 0.0914. The Balaban J connectivity index is 3.13. The van der Waals surface area contributed by atoms with Crippen LogP contribution in [0.5, 0.6) is 0 Å². The minimum atomic E-state index is -4.32. The lowest BCUT2D eigenvalue weighted by atomic mass is 10.1. The number of nitrogens with two attached hydrogens (primary N) is 1. The number of hydrogen-bond acceptors (Lipinski definition) is 2. The van der Waals surface area contributed by atoms with Crippen LogP contribution in [0, 0.1) is 0 Å². The fraction of sp³-hybridized carbons (Fsp3) is 0.400. The predicted molar refractivity (Wildman–Crippen MR) is 55.7 cm³/mol. The normalized spacial score (nSPS) is 11.8. The number of alkyl halides is 3. The molecule has 0 saturated carbocycles. The summed E-state index contributed by atoms with van der Waals surface area (Å²) in [6.45, 7) is 1.81. The molecule has 15 heavy (non-hydrogen) atoms. The van der Waals surface area contributed by atoms with Crippen LogP contribution >= 0.6 is 11.8 Å².